The van der Waals surface area contributed by atoms with Crippen molar-refractivity contribution in [3.05, 3.63) is 87.7 Å². The Hall–Kier alpha value is -2.79. The Labute approximate surface area is 182 Å². The number of pyridine rings is 1. The molecule has 1 aliphatic heterocycles. The molecule has 0 unspecified atom stereocenters. The molecule has 154 valence electrons. The molecule has 30 heavy (non-hydrogen) atoms. The Morgan fingerprint density at radius 2 is 1.83 bits per heavy atom. The Bertz CT molecular complexity index is 1040. The molecule has 6 heteroatoms. The summed E-state index contributed by atoms with van der Waals surface area (Å²) in [6, 6.07) is 12.3. The highest BCUT2D eigenvalue weighted by Gasteiger charge is 2.26. The standard InChI is InChI=1S/C24H25ClN4O/c1-16-11-18(12-20-5-3-4-6-21(20)25)13-22(28-16)19-7-9-29(10-8-19)24(30)23-15-26-17(2)14-27-23/h3-6,11,13-15,19H,7-10,12H2,1-2H3. The van der Waals surface area contributed by atoms with Gasteiger partial charge in [0.1, 0.15) is 5.69 Å². The van der Waals surface area contributed by atoms with Gasteiger partial charge in [0, 0.05) is 41.6 Å². The van der Waals surface area contributed by atoms with Gasteiger partial charge in [-0.3, -0.25) is 14.8 Å². The molecule has 1 saturated heterocycles. The molecule has 1 aliphatic rings. The number of aromatic nitrogens is 3. The smallest absolute Gasteiger partial charge is 0.274 e. The number of carbonyl (C=O) groups is 1. The fourth-order valence-corrected chi connectivity index (χ4v) is 4.19. The maximum Gasteiger partial charge on any atom is 0.274 e. The number of nitrogens with zero attached hydrogens (tertiary/aromatic N) is 4. The first-order chi connectivity index (χ1) is 14.5. The van der Waals surface area contributed by atoms with Gasteiger partial charge in [-0.15, -0.1) is 0 Å². The summed E-state index contributed by atoms with van der Waals surface area (Å²) in [5.74, 6) is 0.306. The van der Waals surface area contributed by atoms with Gasteiger partial charge in [0.2, 0.25) is 0 Å². The van der Waals surface area contributed by atoms with Crippen molar-refractivity contribution in [3.8, 4) is 0 Å². The third-order valence-electron chi connectivity index (χ3n) is 5.59. The van der Waals surface area contributed by atoms with E-state index >= 15 is 0 Å². The minimum atomic E-state index is -0.0439. The molecule has 1 fully saturated rings. The maximum atomic E-state index is 12.7. The van der Waals surface area contributed by atoms with E-state index in [0.29, 0.717) is 24.7 Å². The summed E-state index contributed by atoms with van der Waals surface area (Å²) in [6.07, 6.45) is 5.78. The molecule has 0 spiro atoms. The van der Waals surface area contributed by atoms with Crippen molar-refractivity contribution in [2.45, 2.75) is 39.0 Å². The molecule has 1 aromatic carbocycles. The van der Waals surface area contributed by atoms with Crippen LogP contribution in [-0.2, 0) is 6.42 Å². The highest BCUT2D eigenvalue weighted by Crippen LogP contribution is 2.29. The Kier molecular flexibility index (Phi) is 6.09. The highest BCUT2D eigenvalue weighted by atomic mass is 35.5. The monoisotopic (exact) mass is 420 g/mol. The Morgan fingerprint density at radius 1 is 1.07 bits per heavy atom. The van der Waals surface area contributed by atoms with Crippen molar-refractivity contribution < 1.29 is 4.79 Å². The van der Waals surface area contributed by atoms with Crippen molar-refractivity contribution in [3.63, 3.8) is 0 Å². The van der Waals surface area contributed by atoms with Crippen molar-refractivity contribution in [1.29, 1.82) is 0 Å². The number of amides is 1. The van der Waals surface area contributed by atoms with Crippen LogP contribution in [0.5, 0.6) is 0 Å². The first kappa shape index (κ1) is 20.5. The van der Waals surface area contributed by atoms with Gasteiger partial charge in [-0.2, -0.15) is 0 Å². The first-order valence-corrected chi connectivity index (χ1v) is 10.7. The lowest BCUT2D eigenvalue weighted by Crippen LogP contribution is -2.38. The summed E-state index contributed by atoms with van der Waals surface area (Å²) in [7, 11) is 0. The van der Waals surface area contributed by atoms with E-state index < -0.39 is 0 Å². The average molecular weight is 421 g/mol. The van der Waals surface area contributed by atoms with E-state index in [1.807, 2.05) is 36.9 Å². The number of rotatable bonds is 4. The summed E-state index contributed by atoms with van der Waals surface area (Å²) in [5, 5.41) is 0.791. The van der Waals surface area contributed by atoms with E-state index in [-0.39, 0.29) is 5.91 Å². The quantitative estimate of drug-likeness (QED) is 0.611. The third kappa shape index (κ3) is 4.68. The lowest BCUT2D eigenvalue weighted by molar-refractivity contribution is 0.0705. The fourth-order valence-electron chi connectivity index (χ4n) is 3.98. The third-order valence-corrected chi connectivity index (χ3v) is 5.95. The van der Waals surface area contributed by atoms with Gasteiger partial charge >= 0.3 is 0 Å². The number of benzene rings is 1. The molecule has 0 atom stereocenters. The number of carbonyl (C=O) groups excluding carboxylic acids is 1. The van der Waals surface area contributed by atoms with Crippen LogP contribution in [0, 0.1) is 13.8 Å². The van der Waals surface area contributed by atoms with Gasteiger partial charge in [-0.25, -0.2) is 4.98 Å². The first-order valence-electron chi connectivity index (χ1n) is 10.3. The van der Waals surface area contributed by atoms with Crippen LogP contribution >= 0.6 is 11.6 Å². The maximum absolute atomic E-state index is 12.7. The molecule has 3 heterocycles. The van der Waals surface area contributed by atoms with Crippen LogP contribution in [0.25, 0.3) is 0 Å². The van der Waals surface area contributed by atoms with Crippen molar-refractivity contribution in [1.82, 2.24) is 19.9 Å². The molecule has 0 aliphatic carbocycles. The lowest BCUT2D eigenvalue weighted by Gasteiger charge is -2.31. The van der Waals surface area contributed by atoms with E-state index in [2.05, 4.69) is 28.2 Å². The number of hydrogen-bond donors (Lipinski definition) is 0. The fraction of sp³-hybridized carbons (Fsp3) is 0.333. The molecule has 0 bridgehead atoms. The predicted molar refractivity (Wildman–Crippen MR) is 118 cm³/mol. The molecule has 0 radical (unpaired) electrons. The topological polar surface area (TPSA) is 59.0 Å². The van der Waals surface area contributed by atoms with E-state index in [1.54, 1.807) is 12.4 Å². The number of piperidine rings is 1. The number of hydrogen-bond acceptors (Lipinski definition) is 4. The van der Waals surface area contributed by atoms with Crippen LogP contribution in [0.1, 0.15) is 57.5 Å². The second kappa shape index (κ2) is 8.92. The number of aryl methyl sites for hydroxylation is 2. The molecule has 5 nitrogen and oxygen atoms in total. The zero-order chi connectivity index (χ0) is 21.1. The van der Waals surface area contributed by atoms with E-state index in [4.69, 9.17) is 16.6 Å². The SMILES string of the molecule is Cc1cnc(C(=O)N2CCC(c3cc(Cc4ccccc4Cl)cc(C)n3)CC2)cn1. The highest BCUT2D eigenvalue weighted by molar-refractivity contribution is 6.31. The lowest BCUT2D eigenvalue weighted by atomic mass is 9.91. The summed E-state index contributed by atoms with van der Waals surface area (Å²) in [5.41, 5.74) is 5.69. The summed E-state index contributed by atoms with van der Waals surface area (Å²) >= 11 is 6.34. The number of likely N-dealkylation sites (tertiary alicyclic amines) is 1. The van der Waals surface area contributed by atoms with Crippen LogP contribution in [0.4, 0.5) is 0 Å². The van der Waals surface area contributed by atoms with Crippen LogP contribution in [0.2, 0.25) is 5.02 Å². The molecule has 0 N–H and O–H groups in total. The van der Waals surface area contributed by atoms with Gasteiger partial charge in [0.05, 0.1) is 11.9 Å². The predicted octanol–water partition coefficient (Wildman–Crippen LogP) is 4.75. The molecule has 1 amide bonds. The molecular formula is C24H25ClN4O. The zero-order valence-corrected chi connectivity index (χ0v) is 18.1. The summed E-state index contributed by atoms with van der Waals surface area (Å²) in [4.78, 5) is 27.8. The molecule has 4 rings (SSSR count). The summed E-state index contributed by atoms with van der Waals surface area (Å²) in [6.45, 7) is 5.30. The molecule has 3 aromatic rings. The zero-order valence-electron chi connectivity index (χ0n) is 17.3. The largest absolute Gasteiger partial charge is 0.337 e. The van der Waals surface area contributed by atoms with E-state index in [9.17, 15) is 4.79 Å². The van der Waals surface area contributed by atoms with Crippen molar-refractivity contribution >= 4 is 17.5 Å². The van der Waals surface area contributed by atoms with E-state index in [0.717, 1.165) is 46.9 Å². The Balaban J connectivity index is 1.44. The molecular weight excluding hydrogens is 396 g/mol. The second-order valence-electron chi connectivity index (χ2n) is 7.92. The molecule has 0 saturated carbocycles. The minimum absolute atomic E-state index is 0.0439. The van der Waals surface area contributed by atoms with Gasteiger partial charge in [-0.05, 0) is 62.4 Å². The summed E-state index contributed by atoms with van der Waals surface area (Å²) < 4.78 is 0. The average Bonchev–Trinajstić information content (AvgIpc) is 2.75. The number of halogens is 1. The van der Waals surface area contributed by atoms with Gasteiger partial charge in [0.15, 0.2) is 0 Å². The van der Waals surface area contributed by atoms with Gasteiger partial charge < -0.3 is 4.90 Å². The second-order valence-corrected chi connectivity index (χ2v) is 8.33. The van der Waals surface area contributed by atoms with Crippen LogP contribution < -0.4 is 0 Å². The molecule has 2 aromatic heterocycles. The van der Waals surface area contributed by atoms with Gasteiger partial charge in [0.25, 0.3) is 5.91 Å². The van der Waals surface area contributed by atoms with Crippen LogP contribution in [0.3, 0.4) is 0 Å². The van der Waals surface area contributed by atoms with Crippen molar-refractivity contribution in [2.75, 3.05) is 13.1 Å². The normalized spacial score (nSPS) is 14.7. The van der Waals surface area contributed by atoms with Crippen molar-refractivity contribution in [2.24, 2.45) is 0 Å². The van der Waals surface area contributed by atoms with Gasteiger partial charge in [-0.1, -0.05) is 29.8 Å². The van der Waals surface area contributed by atoms with Crippen LogP contribution in [0.15, 0.2) is 48.8 Å². The minimum Gasteiger partial charge on any atom is -0.337 e. The van der Waals surface area contributed by atoms with E-state index in [1.165, 1.54) is 5.56 Å². The Morgan fingerprint density at radius 3 is 2.53 bits per heavy atom. The van der Waals surface area contributed by atoms with Crippen LogP contribution in [-0.4, -0.2) is 38.8 Å².